The first-order chi connectivity index (χ1) is 14.3. The molecule has 0 unspecified atom stereocenters. The minimum Gasteiger partial charge on any atom is -0.477 e. The fraction of sp³-hybridized carbons (Fsp3) is 0.524. The van der Waals surface area contributed by atoms with E-state index in [0.29, 0.717) is 19.3 Å². The quantitative estimate of drug-likeness (QED) is 0.706. The standard InChI is InChI=1S/C21H23F4N3O3/c1-20(2,26)10-5-6-27(8-10)17-14(22)7-12-16(15(17)21(23,24)25)28(11-3-4-11)9-13(18(12)29)19(30)31/h7,9-11H,3-6,8,26H2,1-2H3,(H,30,31)/t10-/m1/s1. The maximum absolute atomic E-state index is 15.2. The molecule has 3 N–H and O–H groups in total. The summed E-state index contributed by atoms with van der Waals surface area (Å²) in [5.41, 5.74) is 1.37. The fourth-order valence-electron chi connectivity index (χ4n) is 4.42. The van der Waals surface area contributed by atoms with Crippen molar-refractivity contribution < 1.29 is 27.5 Å². The van der Waals surface area contributed by atoms with E-state index in [-0.39, 0.29) is 25.0 Å². The van der Waals surface area contributed by atoms with Gasteiger partial charge < -0.3 is 20.3 Å². The summed E-state index contributed by atoms with van der Waals surface area (Å²) in [6.07, 6.45) is -2.40. The molecule has 168 valence electrons. The number of nitrogens with two attached hydrogens (primary N) is 1. The zero-order valence-electron chi connectivity index (χ0n) is 17.1. The van der Waals surface area contributed by atoms with Crippen molar-refractivity contribution in [1.82, 2.24) is 4.57 Å². The van der Waals surface area contributed by atoms with E-state index in [0.717, 1.165) is 12.3 Å². The van der Waals surface area contributed by atoms with Crippen LogP contribution in [-0.2, 0) is 6.18 Å². The number of pyridine rings is 1. The Kier molecular flexibility index (Phi) is 4.84. The van der Waals surface area contributed by atoms with Gasteiger partial charge in [-0.25, -0.2) is 9.18 Å². The molecule has 1 aliphatic heterocycles. The van der Waals surface area contributed by atoms with Crippen molar-refractivity contribution in [3.63, 3.8) is 0 Å². The molecule has 1 aromatic heterocycles. The highest BCUT2D eigenvalue weighted by Gasteiger charge is 2.44. The molecule has 31 heavy (non-hydrogen) atoms. The SMILES string of the molecule is CC(C)(N)[C@@H]1CCN(c2c(F)cc3c(=O)c(C(=O)O)cn(C4CC4)c3c2C(F)(F)F)C1. The van der Waals surface area contributed by atoms with Gasteiger partial charge >= 0.3 is 12.1 Å². The van der Waals surface area contributed by atoms with E-state index in [4.69, 9.17) is 5.73 Å². The predicted octanol–water partition coefficient (Wildman–Crippen LogP) is 3.76. The van der Waals surface area contributed by atoms with E-state index in [1.54, 1.807) is 13.8 Å². The Balaban J connectivity index is 2.04. The Bertz CT molecular complexity index is 1130. The zero-order valence-corrected chi connectivity index (χ0v) is 17.1. The second-order valence-electron chi connectivity index (χ2n) is 9.04. The molecule has 0 amide bonds. The van der Waals surface area contributed by atoms with Gasteiger partial charge in [-0.1, -0.05) is 0 Å². The number of carboxylic acid groups (broad SMARTS) is 1. The molecule has 2 aliphatic rings. The lowest BCUT2D eigenvalue weighted by Crippen LogP contribution is -2.42. The third-order valence-electron chi connectivity index (χ3n) is 6.25. The van der Waals surface area contributed by atoms with Gasteiger partial charge in [0.15, 0.2) is 0 Å². The van der Waals surface area contributed by atoms with Crippen LogP contribution >= 0.6 is 0 Å². The lowest BCUT2D eigenvalue weighted by molar-refractivity contribution is -0.136. The van der Waals surface area contributed by atoms with E-state index in [9.17, 15) is 27.9 Å². The zero-order chi connectivity index (χ0) is 22.9. The van der Waals surface area contributed by atoms with Gasteiger partial charge in [-0.2, -0.15) is 13.2 Å². The largest absolute Gasteiger partial charge is 0.477 e. The third kappa shape index (κ3) is 3.66. The number of halogens is 4. The van der Waals surface area contributed by atoms with Gasteiger partial charge in [0.1, 0.15) is 16.9 Å². The molecule has 1 saturated heterocycles. The summed E-state index contributed by atoms with van der Waals surface area (Å²) in [5.74, 6) is -2.90. The summed E-state index contributed by atoms with van der Waals surface area (Å²) >= 11 is 0. The summed E-state index contributed by atoms with van der Waals surface area (Å²) in [5, 5.41) is 8.76. The molecular formula is C21H23F4N3O3. The van der Waals surface area contributed by atoms with Gasteiger partial charge in [0.05, 0.1) is 16.6 Å². The molecule has 6 nitrogen and oxygen atoms in total. The monoisotopic (exact) mass is 441 g/mol. The smallest absolute Gasteiger partial charge is 0.420 e. The summed E-state index contributed by atoms with van der Waals surface area (Å²) < 4.78 is 59.4. The Morgan fingerprint density at radius 2 is 1.87 bits per heavy atom. The van der Waals surface area contributed by atoms with Crippen LogP contribution in [0.5, 0.6) is 0 Å². The Morgan fingerprint density at radius 3 is 2.35 bits per heavy atom. The first-order valence-electron chi connectivity index (χ1n) is 10.1. The molecule has 2 fully saturated rings. The minimum absolute atomic E-state index is 0.135. The molecule has 0 bridgehead atoms. The third-order valence-corrected chi connectivity index (χ3v) is 6.25. The highest BCUT2D eigenvalue weighted by molar-refractivity contribution is 5.95. The molecule has 0 spiro atoms. The van der Waals surface area contributed by atoms with E-state index < -0.39 is 56.6 Å². The minimum atomic E-state index is -4.96. The van der Waals surface area contributed by atoms with E-state index >= 15 is 4.39 Å². The molecule has 4 rings (SSSR count). The topological polar surface area (TPSA) is 88.6 Å². The van der Waals surface area contributed by atoms with Gasteiger partial charge in [-0.05, 0) is 45.1 Å². The summed E-state index contributed by atoms with van der Waals surface area (Å²) in [7, 11) is 0. The number of benzene rings is 1. The average molecular weight is 441 g/mol. The molecule has 1 atom stereocenters. The molecular weight excluding hydrogens is 418 g/mol. The fourth-order valence-corrected chi connectivity index (χ4v) is 4.42. The number of carboxylic acids is 1. The molecule has 10 heteroatoms. The van der Waals surface area contributed by atoms with Crippen LogP contribution in [-0.4, -0.2) is 34.3 Å². The highest BCUT2D eigenvalue weighted by Crippen LogP contribution is 2.47. The van der Waals surface area contributed by atoms with Crippen molar-refractivity contribution in [3.8, 4) is 0 Å². The van der Waals surface area contributed by atoms with Crippen LogP contribution < -0.4 is 16.1 Å². The first-order valence-corrected chi connectivity index (χ1v) is 10.1. The van der Waals surface area contributed by atoms with Gasteiger partial charge in [0.2, 0.25) is 5.43 Å². The number of hydrogen-bond acceptors (Lipinski definition) is 4. The van der Waals surface area contributed by atoms with Gasteiger partial charge in [0.25, 0.3) is 0 Å². The van der Waals surface area contributed by atoms with Gasteiger partial charge in [-0.3, -0.25) is 4.79 Å². The molecule has 1 aromatic carbocycles. The van der Waals surface area contributed by atoms with E-state index in [2.05, 4.69) is 0 Å². The van der Waals surface area contributed by atoms with Crippen LogP contribution in [0.3, 0.4) is 0 Å². The van der Waals surface area contributed by atoms with Crippen molar-refractivity contribution in [1.29, 1.82) is 0 Å². The highest BCUT2D eigenvalue weighted by atomic mass is 19.4. The molecule has 2 heterocycles. The Labute approximate surface area is 175 Å². The number of rotatable bonds is 4. The number of alkyl halides is 3. The van der Waals surface area contributed by atoms with Crippen molar-refractivity contribution >= 4 is 22.6 Å². The number of anilines is 1. The number of fused-ring (bicyclic) bond motifs is 1. The summed E-state index contributed by atoms with van der Waals surface area (Å²) in [6, 6.07) is 0.379. The molecule has 1 saturated carbocycles. The van der Waals surface area contributed by atoms with Crippen molar-refractivity contribution in [2.24, 2.45) is 11.7 Å². The van der Waals surface area contributed by atoms with Gasteiger partial charge in [0, 0.05) is 30.9 Å². The first kappa shape index (κ1) is 21.6. The second-order valence-corrected chi connectivity index (χ2v) is 9.04. The molecule has 1 aliphatic carbocycles. The molecule has 0 radical (unpaired) electrons. The van der Waals surface area contributed by atoms with Gasteiger partial charge in [-0.15, -0.1) is 0 Å². The number of aromatic nitrogens is 1. The number of hydrogen-bond donors (Lipinski definition) is 2. The average Bonchev–Trinajstić information content (AvgIpc) is 3.35. The van der Waals surface area contributed by atoms with Crippen molar-refractivity contribution in [3.05, 3.63) is 39.4 Å². The van der Waals surface area contributed by atoms with Crippen LogP contribution in [0, 0.1) is 11.7 Å². The lowest BCUT2D eigenvalue weighted by Gasteiger charge is -2.29. The summed E-state index contributed by atoms with van der Waals surface area (Å²) in [6.45, 7) is 3.90. The number of carbonyl (C=O) groups is 1. The van der Waals surface area contributed by atoms with Crippen LogP contribution in [0.15, 0.2) is 17.1 Å². The molecule has 2 aromatic rings. The summed E-state index contributed by atoms with van der Waals surface area (Å²) in [4.78, 5) is 25.5. The predicted molar refractivity (Wildman–Crippen MR) is 107 cm³/mol. The lowest BCUT2D eigenvalue weighted by atomic mass is 9.88. The number of aromatic carboxylic acids is 1. The van der Waals surface area contributed by atoms with Crippen LogP contribution in [0.4, 0.5) is 23.2 Å². The normalized spacial score (nSPS) is 20.0. The van der Waals surface area contributed by atoms with Crippen LogP contribution in [0.2, 0.25) is 0 Å². The Hall–Kier alpha value is -2.62. The van der Waals surface area contributed by atoms with Crippen molar-refractivity contribution in [2.75, 3.05) is 18.0 Å². The van der Waals surface area contributed by atoms with Crippen LogP contribution in [0.25, 0.3) is 10.9 Å². The second kappa shape index (κ2) is 6.94. The van der Waals surface area contributed by atoms with E-state index in [1.165, 1.54) is 9.47 Å². The van der Waals surface area contributed by atoms with E-state index in [1.807, 2.05) is 0 Å². The Morgan fingerprint density at radius 1 is 1.23 bits per heavy atom. The maximum Gasteiger partial charge on any atom is 0.420 e. The van der Waals surface area contributed by atoms with Crippen LogP contribution in [0.1, 0.15) is 55.1 Å². The number of nitrogens with zero attached hydrogens (tertiary/aromatic N) is 2. The van der Waals surface area contributed by atoms with Crippen molar-refractivity contribution in [2.45, 2.75) is 50.9 Å². The maximum atomic E-state index is 15.2.